The number of carbonyl (C=O) groups is 1. The number of para-hydroxylation sites is 1. The molecular weight excluding hydrogens is 448 g/mol. The number of carbonyl (C=O) groups excluding carboxylic acids is 1. The van der Waals surface area contributed by atoms with E-state index in [4.69, 9.17) is 16.3 Å². The molecule has 2 aromatic rings. The van der Waals surface area contributed by atoms with Crippen LogP contribution in [0.3, 0.4) is 0 Å². The second kappa shape index (κ2) is 11.2. The summed E-state index contributed by atoms with van der Waals surface area (Å²) in [5, 5.41) is 3.50. The third kappa shape index (κ3) is 6.70. The first-order chi connectivity index (χ1) is 15.3. The van der Waals surface area contributed by atoms with Gasteiger partial charge in [0.15, 0.2) is 0 Å². The summed E-state index contributed by atoms with van der Waals surface area (Å²) in [6.45, 7) is 5.75. The molecule has 1 fully saturated rings. The number of nitrogens with zero attached hydrogens (tertiary/aromatic N) is 1. The first kappa shape index (κ1) is 24.6. The molecule has 1 amide bonds. The highest BCUT2D eigenvalue weighted by molar-refractivity contribution is 7.88. The highest BCUT2D eigenvalue weighted by Gasteiger charge is 2.31. The normalized spacial score (nSPS) is 15.6. The maximum absolute atomic E-state index is 12.7. The van der Waals surface area contributed by atoms with Crippen LogP contribution in [0.25, 0.3) is 0 Å². The number of amides is 1. The van der Waals surface area contributed by atoms with Gasteiger partial charge in [0.1, 0.15) is 12.4 Å². The minimum absolute atomic E-state index is 0.0412. The van der Waals surface area contributed by atoms with E-state index in [2.05, 4.69) is 19.2 Å². The van der Waals surface area contributed by atoms with Crippen LogP contribution in [0.5, 0.6) is 5.75 Å². The van der Waals surface area contributed by atoms with Crippen molar-refractivity contribution in [2.75, 3.05) is 26.2 Å². The van der Waals surface area contributed by atoms with Gasteiger partial charge in [-0.1, -0.05) is 55.8 Å². The Morgan fingerprint density at radius 2 is 1.78 bits per heavy atom. The second-order valence-electron chi connectivity index (χ2n) is 8.39. The Balaban J connectivity index is 1.42. The van der Waals surface area contributed by atoms with E-state index >= 15 is 0 Å². The topological polar surface area (TPSA) is 75.7 Å². The van der Waals surface area contributed by atoms with E-state index in [1.54, 1.807) is 24.3 Å². The third-order valence-corrected chi connectivity index (χ3v) is 7.78. The first-order valence-electron chi connectivity index (χ1n) is 11.0. The Morgan fingerprint density at radius 1 is 1.12 bits per heavy atom. The SMILES string of the molecule is CC(C)c1ccccc1OCCNC(=O)C1CCN(S(=O)(=O)Cc2ccc(Cl)cc2)CC1. The number of piperidine rings is 1. The maximum Gasteiger partial charge on any atom is 0.223 e. The van der Waals surface area contributed by atoms with Gasteiger partial charge in [-0.15, -0.1) is 0 Å². The maximum atomic E-state index is 12.7. The Hall–Kier alpha value is -2.09. The van der Waals surface area contributed by atoms with E-state index in [-0.39, 0.29) is 17.6 Å². The molecule has 8 heteroatoms. The van der Waals surface area contributed by atoms with Crippen LogP contribution in [0.4, 0.5) is 0 Å². The summed E-state index contributed by atoms with van der Waals surface area (Å²) in [5.41, 5.74) is 1.85. The van der Waals surface area contributed by atoms with Crippen LogP contribution in [-0.2, 0) is 20.6 Å². The van der Waals surface area contributed by atoms with Gasteiger partial charge in [-0.05, 0) is 48.1 Å². The number of benzene rings is 2. The fraction of sp³-hybridized carbons (Fsp3) is 0.458. The number of rotatable bonds is 9. The van der Waals surface area contributed by atoms with E-state index in [1.165, 1.54) is 4.31 Å². The van der Waals surface area contributed by atoms with E-state index in [0.717, 1.165) is 11.3 Å². The summed E-state index contributed by atoms with van der Waals surface area (Å²) in [6.07, 6.45) is 1.03. The third-order valence-electron chi connectivity index (χ3n) is 5.68. The summed E-state index contributed by atoms with van der Waals surface area (Å²) in [5.74, 6) is 0.925. The van der Waals surface area contributed by atoms with Gasteiger partial charge in [-0.2, -0.15) is 0 Å². The molecule has 3 rings (SSSR count). The number of ether oxygens (including phenoxy) is 1. The number of halogens is 1. The fourth-order valence-electron chi connectivity index (χ4n) is 3.85. The van der Waals surface area contributed by atoms with Crippen molar-refractivity contribution in [3.8, 4) is 5.75 Å². The highest BCUT2D eigenvalue weighted by atomic mass is 35.5. The predicted molar refractivity (Wildman–Crippen MR) is 127 cm³/mol. The highest BCUT2D eigenvalue weighted by Crippen LogP contribution is 2.26. The zero-order valence-electron chi connectivity index (χ0n) is 18.6. The standard InChI is InChI=1S/C24H31ClN2O4S/c1-18(2)22-5-3-4-6-23(22)31-16-13-26-24(28)20-11-14-27(15-12-20)32(29,30)17-19-7-9-21(25)10-8-19/h3-10,18,20H,11-17H2,1-2H3,(H,26,28). The number of hydrogen-bond acceptors (Lipinski definition) is 4. The molecule has 0 bridgehead atoms. The van der Waals surface area contributed by atoms with Crippen molar-refractivity contribution in [2.24, 2.45) is 5.92 Å². The molecule has 174 valence electrons. The summed E-state index contributed by atoms with van der Waals surface area (Å²) in [7, 11) is -3.42. The Labute approximate surface area is 196 Å². The molecule has 1 aliphatic rings. The lowest BCUT2D eigenvalue weighted by Crippen LogP contribution is -2.43. The monoisotopic (exact) mass is 478 g/mol. The molecule has 1 N–H and O–H groups in total. The zero-order valence-corrected chi connectivity index (χ0v) is 20.2. The van der Waals surface area contributed by atoms with Gasteiger partial charge in [0.25, 0.3) is 0 Å². The summed E-state index contributed by atoms with van der Waals surface area (Å²) >= 11 is 5.87. The molecular formula is C24H31ClN2O4S. The van der Waals surface area contributed by atoms with Crippen LogP contribution in [0.2, 0.25) is 5.02 Å². The number of sulfonamides is 1. The van der Waals surface area contributed by atoms with Crippen molar-refractivity contribution in [1.29, 1.82) is 0 Å². The van der Waals surface area contributed by atoms with Crippen LogP contribution in [0.1, 0.15) is 43.7 Å². The van der Waals surface area contributed by atoms with Crippen LogP contribution in [-0.4, -0.2) is 44.9 Å². The molecule has 6 nitrogen and oxygen atoms in total. The van der Waals surface area contributed by atoms with Crippen molar-refractivity contribution in [1.82, 2.24) is 9.62 Å². The number of nitrogens with one attached hydrogen (secondary N) is 1. The van der Waals surface area contributed by atoms with Gasteiger partial charge in [0.2, 0.25) is 15.9 Å². The molecule has 1 aliphatic heterocycles. The lowest BCUT2D eigenvalue weighted by Gasteiger charge is -2.30. The van der Waals surface area contributed by atoms with Gasteiger partial charge >= 0.3 is 0 Å². The van der Waals surface area contributed by atoms with Crippen molar-refractivity contribution in [3.05, 3.63) is 64.7 Å². The smallest absolute Gasteiger partial charge is 0.223 e. The van der Waals surface area contributed by atoms with Crippen molar-refractivity contribution < 1.29 is 17.9 Å². The molecule has 32 heavy (non-hydrogen) atoms. The average Bonchev–Trinajstić information content (AvgIpc) is 2.78. The van der Waals surface area contributed by atoms with E-state index < -0.39 is 10.0 Å². The van der Waals surface area contributed by atoms with Crippen molar-refractivity contribution in [3.63, 3.8) is 0 Å². The molecule has 0 unspecified atom stereocenters. The molecule has 0 aliphatic carbocycles. The molecule has 2 aromatic carbocycles. The lowest BCUT2D eigenvalue weighted by molar-refractivity contribution is -0.126. The molecule has 0 aromatic heterocycles. The minimum Gasteiger partial charge on any atom is -0.491 e. The Bertz CT molecular complexity index is 1000. The zero-order chi connectivity index (χ0) is 23.1. The van der Waals surface area contributed by atoms with E-state index in [0.29, 0.717) is 55.6 Å². The quantitative estimate of drug-likeness (QED) is 0.548. The van der Waals surface area contributed by atoms with Crippen LogP contribution in [0.15, 0.2) is 48.5 Å². The molecule has 0 atom stereocenters. The van der Waals surface area contributed by atoms with Crippen LogP contribution >= 0.6 is 11.6 Å². The summed E-state index contributed by atoms with van der Waals surface area (Å²) < 4.78 is 32.8. The van der Waals surface area contributed by atoms with Gasteiger partial charge in [0, 0.05) is 24.0 Å². The van der Waals surface area contributed by atoms with Gasteiger partial charge in [0.05, 0.1) is 12.3 Å². The van der Waals surface area contributed by atoms with Crippen LogP contribution < -0.4 is 10.1 Å². The molecule has 0 radical (unpaired) electrons. The van der Waals surface area contributed by atoms with E-state index in [1.807, 2.05) is 24.3 Å². The van der Waals surface area contributed by atoms with Gasteiger partial charge in [-0.25, -0.2) is 12.7 Å². The molecule has 0 spiro atoms. The van der Waals surface area contributed by atoms with E-state index in [9.17, 15) is 13.2 Å². The van der Waals surface area contributed by atoms with Gasteiger partial charge < -0.3 is 10.1 Å². The Kier molecular flexibility index (Phi) is 8.57. The fourth-order valence-corrected chi connectivity index (χ4v) is 5.54. The molecule has 1 saturated heterocycles. The lowest BCUT2D eigenvalue weighted by atomic mass is 9.97. The molecule has 1 heterocycles. The predicted octanol–water partition coefficient (Wildman–Crippen LogP) is 4.20. The summed E-state index contributed by atoms with van der Waals surface area (Å²) in [4.78, 5) is 12.5. The van der Waals surface area contributed by atoms with Gasteiger partial charge in [-0.3, -0.25) is 4.79 Å². The molecule has 0 saturated carbocycles. The van der Waals surface area contributed by atoms with Crippen LogP contribution in [0, 0.1) is 5.92 Å². The average molecular weight is 479 g/mol. The number of hydrogen-bond donors (Lipinski definition) is 1. The van der Waals surface area contributed by atoms with Crippen molar-refractivity contribution >= 4 is 27.5 Å². The second-order valence-corrected chi connectivity index (χ2v) is 10.8. The summed E-state index contributed by atoms with van der Waals surface area (Å²) in [6, 6.07) is 14.7. The first-order valence-corrected chi connectivity index (χ1v) is 13.0. The largest absolute Gasteiger partial charge is 0.491 e. The Morgan fingerprint density at radius 3 is 2.44 bits per heavy atom. The van der Waals surface area contributed by atoms with Crippen molar-refractivity contribution in [2.45, 2.75) is 38.4 Å². The minimum atomic E-state index is -3.42.